The Balaban J connectivity index is 0.000000208. The van der Waals surface area contributed by atoms with Gasteiger partial charge in [0.15, 0.2) is 0 Å². The average molecular weight is 651 g/mol. The Hall–Kier alpha value is 1.02. The molecule has 0 unspecified atom stereocenters. The van der Waals surface area contributed by atoms with Crippen molar-refractivity contribution in [3.63, 3.8) is 0 Å². The van der Waals surface area contributed by atoms with Gasteiger partial charge in [-0.1, -0.05) is 38.5 Å². The molecule has 0 atom stereocenters. The molecule has 6 rings (SSSR count). The van der Waals surface area contributed by atoms with Gasteiger partial charge >= 0.3 is 0 Å². The second kappa shape index (κ2) is 21.7. The molecule has 0 amide bonds. The van der Waals surface area contributed by atoms with Crippen molar-refractivity contribution in [3.05, 3.63) is 0 Å². The van der Waals surface area contributed by atoms with Crippen LogP contribution in [0.2, 0.25) is 0 Å². The van der Waals surface area contributed by atoms with E-state index < -0.39 is 0 Å². The van der Waals surface area contributed by atoms with Crippen LogP contribution in [0.25, 0.3) is 0 Å². The fraction of sp³-hybridized carbons (Fsp3) is 0.973. The van der Waals surface area contributed by atoms with Crippen LogP contribution in [0.15, 0.2) is 0 Å². The van der Waals surface area contributed by atoms with Crippen molar-refractivity contribution in [1.29, 1.82) is 0 Å². The minimum atomic E-state index is -0.0465. The molecule has 242 valence electrons. The van der Waals surface area contributed by atoms with E-state index in [-0.39, 0.29) is 32.3 Å². The minimum absolute atomic E-state index is 0. The van der Waals surface area contributed by atoms with Gasteiger partial charge in [0.2, 0.25) is 0 Å². The molecule has 41 heavy (non-hydrogen) atoms. The maximum atomic E-state index is 7.75. The van der Waals surface area contributed by atoms with E-state index in [0.29, 0.717) is 0 Å². The molecule has 6 aliphatic rings. The van der Waals surface area contributed by atoms with Crippen molar-refractivity contribution in [1.82, 2.24) is 0 Å². The molecule has 0 saturated heterocycles. The van der Waals surface area contributed by atoms with Crippen LogP contribution in [0.4, 0.5) is 0 Å². The molecule has 0 aromatic heterocycles. The van der Waals surface area contributed by atoms with E-state index >= 15 is 0 Å². The summed E-state index contributed by atoms with van der Waals surface area (Å²) in [5.74, 6) is 0. The molecule has 0 N–H and O–H groups in total. The van der Waals surface area contributed by atoms with E-state index in [1.54, 1.807) is 193 Å². The van der Waals surface area contributed by atoms with Crippen LogP contribution in [-0.2, 0) is 21.3 Å². The van der Waals surface area contributed by atoms with E-state index in [1.807, 2.05) is 0 Å². The molecule has 0 heterocycles. The topological polar surface area (TPSA) is 17.1 Å². The van der Waals surface area contributed by atoms with Gasteiger partial charge in [0.25, 0.3) is 0 Å². The number of rotatable bonds is 6. The summed E-state index contributed by atoms with van der Waals surface area (Å²) < 4.78 is 0. The average Bonchev–Trinajstić information content (AvgIpc) is 3.06. The summed E-state index contributed by atoms with van der Waals surface area (Å²) in [7, 11) is -0.0930. The second-order valence-electron chi connectivity index (χ2n) is 15.0. The van der Waals surface area contributed by atoms with E-state index in [9.17, 15) is 0 Å². The predicted molar refractivity (Wildman–Crippen MR) is 185 cm³/mol. The van der Waals surface area contributed by atoms with Gasteiger partial charge in [0.05, 0.1) is 34.0 Å². The molecule has 0 aromatic rings. The van der Waals surface area contributed by atoms with Crippen LogP contribution in [0.5, 0.6) is 0 Å². The first-order chi connectivity index (χ1) is 19.9. The van der Waals surface area contributed by atoms with Gasteiger partial charge in [-0.2, -0.15) is 0 Å². The molecule has 0 aliphatic heterocycles. The normalized spacial score (nSPS) is 26.9. The van der Waals surface area contributed by atoms with E-state index in [4.69, 9.17) is 4.79 Å². The summed E-state index contributed by atoms with van der Waals surface area (Å²) in [5, 5.41) is 0. The molecule has 6 fully saturated rings. The Morgan fingerprint density at radius 1 is 0.268 bits per heavy atom. The van der Waals surface area contributed by atoms with Crippen molar-refractivity contribution < 1.29 is 21.3 Å². The number of hydrogen-bond acceptors (Lipinski definition) is 1. The molecule has 0 bridgehead atoms. The standard InChI is InChI=1S/2C18H33P.CHO.Ni/c2*1-4-10-16(11-5-1)19(17-12-6-2-7-13-17)18-14-8-3-9-15-18;1-2;/h2*16-18H,1-15H2;1H;/q;;-1;/p+2. The SMILES string of the molecule is C1CCC([PH+](C2CCCCC2)C2CCCCC2)CC1.C1CCC([PH+](C2CCCCC2)C2CCCCC2)CC1.[CH-]=O.[Ni]. The van der Waals surface area contributed by atoms with Crippen LogP contribution in [0, 0.1) is 0 Å². The van der Waals surface area contributed by atoms with Crippen LogP contribution < -0.4 is 0 Å². The molecular formula is C37H69NiOP2+. The zero-order valence-electron chi connectivity index (χ0n) is 27.0. The first kappa shape index (κ1) is 36.5. The van der Waals surface area contributed by atoms with Crippen LogP contribution >= 0.6 is 15.8 Å². The summed E-state index contributed by atoms with van der Waals surface area (Å²) in [6.45, 7) is 3.25. The Morgan fingerprint density at radius 2 is 0.390 bits per heavy atom. The van der Waals surface area contributed by atoms with Gasteiger partial charge in [0, 0.05) is 32.3 Å². The first-order valence-corrected chi connectivity index (χ1v) is 22.3. The number of carbonyl (C=O) groups excluding carboxylic acids is 1. The largest absolute Gasteiger partial charge is 0.545 e. The molecule has 1 nitrogen and oxygen atoms in total. The quantitative estimate of drug-likeness (QED) is 0.121. The van der Waals surface area contributed by atoms with Gasteiger partial charge in [-0.3, -0.25) is 6.79 Å². The third kappa shape index (κ3) is 11.7. The van der Waals surface area contributed by atoms with Crippen LogP contribution in [0.1, 0.15) is 193 Å². The van der Waals surface area contributed by atoms with Crippen molar-refractivity contribution in [2.75, 3.05) is 0 Å². The Bertz CT molecular complexity index is 485. The molecule has 0 spiro atoms. The summed E-state index contributed by atoms with van der Waals surface area (Å²) in [5.41, 5.74) is 7.36. The zero-order chi connectivity index (χ0) is 27.8. The summed E-state index contributed by atoms with van der Waals surface area (Å²) in [6, 6.07) is 0. The second-order valence-corrected chi connectivity index (χ2v) is 21.9. The smallest absolute Gasteiger partial charge is 0.0680 e. The Morgan fingerprint density at radius 3 is 0.512 bits per heavy atom. The maximum absolute atomic E-state index is 7.75. The van der Waals surface area contributed by atoms with Gasteiger partial charge in [-0.15, -0.1) is 0 Å². The summed E-state index contributed by atoms with van der Waals surface area (Å²) in [6.07, 6.45) is 47.6. The molecule has 0 radical (unpaired) electrons. The Labute approximate surface area is 269 Å². The monoisotopic (exact) mass is 649 g/mol. The number of hydrogen-bond donors (Lipinski definition) is 0. The van der Waals surface area contributed by atoms with Crippen LogP contribution in [0.3, 0.4) is 0 Å². The van der Waals surface area contributed by atoms with Gasteiger partial charge in [0.1, 0.15) is 0 Å². The van der Waals surface area contributed by atoms with E-state index in [2.05, 4.69) is 6.79 Å². The minimum Gasteiger partial charge on any atom is -0.545 e. The molecule has 4 heteroatoms. The van der Waals surface area contributed by atoms with Crippen LogP contribution in [-0.4, -0.2) is 40.7 Å². The fourth-order valence-corrected chi connectivity index (χ4v) is 21.1. The van der Waals surface area contributed by atoms with Crippen molar-refractivity contribution >= 4 is 22.6 Å². The van der Waals surface area contributed by atoms with Crippen molar-refractivity contribution in [2.45, 2.75) is 227 Å². The molecule has 6 saturated carbocycles. The molecular weight excluding hydrogens is 581 g/mol. The van der Waals surface area contributed by atoms with Crippen molar-refractivity contribution in [3.8, 4) is 0 Å². The van der Waals surface area contributed by atoms with Gasteiger partial charge in [-0.05, 0) is 154 Å². The third-order valence-corrected chi connectivity index (χ3v) is 21.6. The summed E-state index contributed by atoms with van der Waals surface area (Å²) >= 11 is 0. The molecule has 6 aliphatic carbocycles. The zero-order valence-corrected chi connectivity index (χ0v) is 30.0. The Kier molecular flexibility index (Phi) is 19.3. The third-order valence-electron chi connectivity index (χ3n) is 12.5. The van der Waals surface area contributed by atoms with Crippen molar-refractivity contribution in [2.24, 2.45) is 0 Å². The van der Waals surface area contributed by atoms with E-state index in [1.165, 1.54) is 34.0 Å². The maximum Gasteiger partial charge on any atom is 0.0680 e. The van der Waals surface area contributed by atoms with Gasteiger partial charge < -0.3 is 4.79 Å². The molecule has 0 aromatic carbocycles. The fourth-order valence-electron chi connectivity index (χ4n) is 10.6. The first-order valence-electron chi connectivity index (χ1n) is 18.9. The predicted octanol–water partition coefficient (Wildman–Crippen LogP) is 12.1. The van der Waals surface area contributed by atoms with Gasteiger partial charge in [-0.25, -0.2) is 0 Å². The van der Waals surface area contributed by atoms with E-state index in [0.717, 1.165) is 0 Å². The summed E-state index contributed by atoms with van der Waals surface area (Å²) in [4.78, 5) is 7.75.